The van der Waals surface area contributed by atoms with Crippen LogP contribution in [0.25, 0.3) is 0 Å². The van der Waals surface area contributed by atoms with E-state index in [4.69, 9.17) is 0 Å². The van der Waals surface area contributed by atoms with Crippen LogP contribution in [0, 0.1) is 11.8 Å². The monoisotopic (exact) mass is 566 g/mol. The maximum absolute atomic E-state index is 13.5. The molecule has 15 heteroatoms. The number of hydrogen-bond acceptors (Lipinski definition) is 7. The molecular weight excluding hydrogens is 540 g/mol. The molecular formula is C24H26F4N8O2S. The molecule has 2 saturated carbocycles. The van der Waals surface area contributed by atoms with Gasteiger partial charge in [-0.3, -0.25) is 18.8 Å². The van der Waals surface area contributed by atoms with E-state index in [-0.39, 0.29) is 22.6 Å². The summed E-state index contributed by atoms with van der Waals surface area (Å²) in [7, 11) is 1.53. The molecule has 0 unspecified atom stereocenters. The van der Waals surface area contributed by atoms with Gasteiger partial charge in [0.2, 0.25) is 11.9 Å². The summed E-state index contributed by atoms with van der Waals surface area (Å²) in [6.07, 6.45) is 2.06. The van der Waals surface area contributed by atoms with Gasteiger partial charge in [-0.25, -0.2) is 17.6 Å². The Morgan fingerprint density at radius 1 is 1.26 bits per heavy atom. The maximum atomic E-state index is 13.5. The smallest absolute Gasteiger partial charge is 0.282 e. The van der Waals surface area contributed by atoms with Gasteiger partial charge in [0.25, 0.3) is 18.3 Å². The molecule has 208 valence electrons. The van der Waals surface area contributed by atoms with Crippen molar-refractivity contribution in [2.24, 2.45) is 18.9 Å². The average molecular weight is 567 g/mol. The van der Waals surface area contributed by atoms with Crippen molar-refractivity contribution in [3.8, 4) is 0 Å². The molecule has 2 amide bonds. The molecule has 0 saturated heterocycles. The molecule has 3 aromatic heterocycles. The van der Waals surface area contributed by atoms with Gasteiger partial charge in [0, 0.05) is 37.0 Å². The fourth-order valence-electron chi connectivity index (χ4n) is 4.90. The summed E-state index contributed by atoms with van der Waals surface area (Å²) >= 11 is 1.25. The number of nitrogens with one attached hydrogen (secondary N) is 3. The van der Waals surface area contributed by atoms with Gasteiger partial charge in [-0.15, -0.1) is 21.5 Å². The highest BCUT2D eigenvalue weighted by Crippen LogP contribution is 2.50. The minimum absolute atomic E-state index is 0.182. The minimum atomic E-state index is -3.01. The van der Waals surface area contributed by atoms with Crippen molar-refractivity contribution in [1.82, 2.24) is 29.9 Å². The van der Waals surface area contributed by atoms with Crippen molar-refractivity contribution in [3.63, 3.8) is 0 Å². The molecule has 0 radical (unpaired) electrons. The maximum Gasteiger partial charge on any atom is 0.282 e. The first kappa shape index (κ1) is 25.8. The number of rotatable bonds is 9. The predicted octanol–water partition coefficient (Wildman–Crippen LogP) is 4.22. The van der Waals surface area contributed by atoms with E-state index >= 15 is 0 Å². The number of nitrogens with zero attached hydrogens (tertiary/aromatic N) is 5. The van der Waals surface area contributed by atoms with E-state index in [0.29, 0.717) is 49.1 Å². The second kappa shape index (κ2) is 9.61. The number of fused-ring (bicyclic) bond motifs is 1. The van der Waals surface area contributed by atoms with E-state index in [1.807, 2.05) is 0 Å². The summed E-state index contributed by atoms with van der Waals surface area (Å²) in [5, 5.41) is 20.7. The van der Waals surface area contributed by atoms with Crippen LogP contribution in [0.4, 0.5) is 34.3 Å². The quantitative estimate of drug-likeness (QED) is 0.334. The summed E-state index contributed by atoms with van der Waals surface area (Å²) in [6, 6.07) is 1.06. The second-order valence-electron chi connectivity index (χ2n) is 10.3. The van der Waals surface area contributed by atoms with E-state index in [0.717, 1.165) is 23.3 Å². The molecule has 10 nitrogen and oxygen atoms in total. The Morgan fingerprint density at radius 3 is 2.69 bits per heavy atom. The number of amides is 2. The molecule has 3 aliphatic carbocycles. The molecule has 0 bridgehead atoms. The van der Waals surface area contributed by atoms with Crippen molar-refractivity contribution in [2.45, 2.75) is 56.9 Å². The van der Waals surface area contributed by atoms with Crippen LogP contribution in [0.3, 0.4) is 0 Å². The molecule has 6 rings (SSSR count). The number of alkyl halides is 4. The van der Waals surface area contributed by atoms with Crippen LogP contribution >= 0.6 is 11.3 Å². The van der Waals surface area contributed by atoms with Gasteiger partial charge in [0.1, 0.15) is 28.8 Å². The number of anilines is 3. The zero-order chi connectivity index (χ0) is 27.5. The number of thiophene rings is 1. The van der Waals surface area contributed by atoms with Crippen molar-refractivity contribution < 1.29 is 27.2 Å². The van der Waals surface area contributed by atoms with E-state index < -0.39 is 30.6 Å². The van der Waals surface area contributed by atoms with Gasteiger partial charge in [-0.2, -0.15) is 5.10 Å². The standard InChI is InChI=1S/C24H26F4N8O2S/c1-35-17(7-15(34-35)19(25)26)31-23-33-30-10-36(23)12-4-5-16-13(6-12)18(21(38)29-9-11-2-3-11)22(39-16)32-20(37)14-8-24(14,27)28/h7,10-12,14,19H,2-6,8-9H2,1H3,(H,29,38)(H,31,33)(H,32,37)/t12-,14+/m0/s1. The lowest BCUT2D eigenvalue weighted by atomic mass is 9.91. The molecule has 3 heterocycles. The molecule has 2 fully saturated rings. The molecule has 3 aliphatic rings. The van der Waals surface area contributed by atoms with Crippen molar-refractivity contribution >= 4 is 39.9 Å². The molecule has 0 spiro atoms. The van der Waals surface area contributed by atoms with Gasteiger partial charge in [-0.1, -0.05) is 0 Å². The van der Waals surface area contributed by atoms with Crippen LogP contribution in [0.5, 0.6) is 0 Å². The third kappa shape index (κ3) is 5.11. The lowest BCUT2D eigenvalue weighted by molar-refractivity contribution is -0.119. The van der Waals surface area contributed by atoms with Gasteiger partial charge < -0.3 is 16.0 Å². The predicted molar refractivity (Wildman–Crippen MR) is 134 cm³/mol. The van der Waals surface area contributed by atoms with Gasteiger partial charge >= 0.3 is 0 Å². The van der Waals surface area contributed by atoms with Gasteiger partial charge in [-0.05, 0) is 43.6 Å². The topological polar surface area (TPSA) is 119 Å². The van der Waals surface area contributed by atoms with Crippen molar-refractivity contribution in [2.75, 3.05) is 17.2 Å². The number of halogens is 4. The summed E-state index contributed by atoms with van der Waals surface area (Å²) < 4.78 is 56.3. The van der Waals surface area contributed by atoms with Crippen LogP contribution in [0.1, 0.15) is 64.6 Å². The Morgan fingerprint density at radius 2 is 2.03 bits per heavy atom. The third-order valence-corrected chi connectivity index (χ3v) is 8.63. The Labute approximate surface area is 224 Å². The summed E-state index contributed by atoms with van der Waals surface area (Å²) in [5.41, 5.74) is 0.697. The van der Waals surface area contributed by atoms with E-state index in [9.17, 15) is 27.2 Å². The fourth-order valence-corrected chi connectivity index (χ4v) is 6.15. The molecule has 3 aromatic rings. The van der Waals surface area contributed by atoms with Crippen LogP contribution in [-0.4, -0.2) is 48.8 Å². The molecule has 0 aromatic carbocycles. The first-order valence-corrected chi connectivity index (χ1v) is 13.5. The Hall–Kier alpha value is -3.49. The highest BCUT2D eigenvalue weighted by atomic mass is 32.1. The van der Waals surface area contributed by atoms with Crippen molar-refractivity contribution in [1.29, 1.82) is 0 Å². The lowest BCUT2D eigenvalue weighted by Gasteiger charge is -2.25. The minimum Gasteiger partial charge on any atom is -0.352 e. The van der Waals surface area contributed by atoms with Gasteiger partial charge in [0.05, 0.1) is 5.56 Å². The number of carbonyl (C=O) groups excluding carboxylic acids is 2. The van der Waals surface area contributed by atoms with Crippen LogP contribution in [0.15, 0.2) is 12.4 Å². The Bertz CT molecular complexity index is 1430. The van der Waals surface area contributed by atoms with Crippen LogP contribution < -0.4 is 16.0 Å². The Kier molecular flexibility index (Phi) is 6.35. The molecule has 0 aliphatic heterocycles. The number of aromatic nitrogens is 5. The fraction of sp³-hybridized carbons (Fsp3) is 0.542. The average Bonchev–Trinajstić information content (AvgIpc) is 3.66. The number of aryl methyl sites for hydroxylation is 2. The largest absolute Gasteiger partial charge is 0.352 e. The molecule has 39 heavy (non-hydrogen) atoms. The molecule has 3 N–H and O–H groups in total. The number of hydrogen-bond donors (Lipinski definition) is 3. The lowest BCUT2D eigenvalue weighted by Crippen LogP contribution is -2.29. The highest BCUT2D eigenvalue weighted by molar-refractivity contribution is 7.17. The normalized spacial score (nSPS) is 21.5. The SMILES string of the molecule is Cn1nc(C(F)F)cc1Nc1nncn1[C@H]1CCc2sc(NC(=O)[C@H]3CC3(F)F)c(C(=O)NCC3CC3)c2C1. The zero-order valence-corrected chi connectivity index (χ0v) is 21.7. The van der Waals surface area contributed by atoms with Gasteiger partial charge in [0.15, 0.2) is 0 Å². The summed E-state index contributed by atoms with van der Waals surface area (Å²) in [5.74, 6) is -4.44. The second-order valence-corrected chi connectivity index (χ2v) is 11.4. The van der Waals surface area contributed by atoms with Crippen molar-refractivity contribution in [3.05, 3.63) is 34.1 Å². The van der Waals surface area contributed by atoms with E-state index in [1.165, 1.54) is 35.5 Å². The number of carbonyl (C=O) groups is 2. The Balaban J connectivity index is 1.26. The highest BCUT2D eigenvalue weighted by Gasteiger charge is 2.61. The molecule has 2 atom stereocenters. The summed E-state index contributed by atoms with van der Waals surface area (Å²) in [4.78, 5) is 26.7. The first-order chi connectivity index (χ1) is 18.6. The zero-order valence-electron chi connectivity index (χ0n) is 20.9. The first-order valence-electron chi connectivity index (χ1n) is 12.7. The summed E-state index contributed by atoms with van der Waals surface area (Å²) in [6.45, 7) is 0.520. The third-order valence-electron chi connectivity index (χ3n) is 7.42. The van der Waals surface area contributed by atoms with E-state index in [2.05, 4.69) is 31.2 Å². The van der Waals surface area contributed by atoms with Crippen LogP contribution in [-0.2, 0) is 24.7 Å². The van der Waals surface area contributed by atoms with E-state index in [1.54, 1.807) is 4.57 Å². The van der Waals surface area contributed by atoms with Crippen LogP contribution in [0.2, 0.25) is 0 Å².